The first-order chi connectivity index (χ1) is 8.15. The fourth-order valence-corrected chi connectivity index (χ4v) is 1.37. The largest absolute Gasteiger partial charge is 0.306 e. The summed E-state index contributed by atoms with van der Waals surface area (Å²) in [5.74, 6) is -0.717. The molecule has 0 atom stereocenters. The zero-order chi connectivity index (χ0) is 12.3. The summed E-state index contributed by atoms with van der Waals surface area (Å²) in [5, 5.41) is 2.53. The summed E-state index contributed by atoms with van der Waals surface area (Å²) in [6.45, 7) is 1.94. The average Bonchev–Trinajstić information content (AvgIpc) is 2.29. The minimum absolute atomic E-state index is 0.204. The number of anilines is 1. The number of halogens is 1. The van der Waals surface area contributed by atoms with Crippen molar-refractivity contribution in [2.75, 3.05) is 5.32 Å². The van der Waals surface area contributed by atoms with Crippen LogP contribution in [-0.4, -0.2) is 10.9 Å². The molecule has 3 nitrogen and oxygen atoms in total. The molecular weight excluding hydrogens is 219 g/mol. The number of aromatic nitrogens is 1. The Balaban J connectivity index is 2.14. The molecule has 0 saturated heterocycles. The van der Waals surface area contributed by atoms with Gasteiger partial charge in [-0.3, -0.25) is 4.79 Å². The highest BCUT2D eigenvalue weighted by atomic mass is 19.1. The van der Waals surface area contributed by atoms with E-state index in [-0.39, 0.29) is 11.7 Å². The Hall–Kier alpha value is -2.23. The monoisotopic (exact) mass is 230 g/mol. The highest BCUT2D eigenvalue weighted by molar-refractivity contribution is 6.03. The van der Waals surface area contributed by atoms with Gasteiger partial charge in [0.15, 0.2) is 0 Å². The first-order valence-corrected chi connectivity index (χ1v) is 5.16. The van der Waals surface area contributed by atoms with Gasteiger partial charge in [0.25, 0.3) is 5.91 Å². The van der Waals surface area contributed by atoms with Gasteiger partial charge in [-0.25, -0.2) is 4.98 Å². The molecule has 1 aromatic carbocycles. The Labute approximate surface area is 98.3 Å². The van der Waals surface area contributed by atoms with Gasteiger partial charge in [0, 0.05) is 5.56 Å². The van der Waals surface area contributed by atoms with Crippen LogP contribution in [0.15, 0.2) is 42.5 Å². The van der Waals surface area contributed by atoms with E-state index < -0.39 is 5.95 Å². The number of aryl methyl sites for hydroxylation is 1. The molecule has 0 bridgehead atoms. The summed E-state index contributed by atoms with van der Waals surface area (Å²) in [5.41, 5.74) is 1.59. The van der Waals surface area contributed by atoms with Crippen LogP contribution in [0.2, 0.25) is 0 Å². The second kappa shape index (κ2) is 4.74. The van der Waals surface area contributed by atoms with Crippen molar-refractivity contribution < 1.29 is 9.18 Å². The molecule has 0 radical (unpaired) electrons. The van der Waals surface area contributed by atoms with Crippen LogP contribution in [-0.2, 0) is 0 Å². The number of hydrogen-bond acceptors (Lipinski definition) is 2. The Morgan fingerprint density at radius 2 is 1.88 bits per heavy atom. The number of nitrogens with one attached hydrogen (secondary N) is 1. The van der Waals surface area contributed by atoms with Gasteiger partial charge < -0.3 is 5.32 Å². The molecule has 1 N–H and O–H groups in total. The van der Waals surface area contributed by atoms with Crippen molar-refractivity contribution in [2.24, 2.45) is 0 Å². The van der Waals surface area contributed by atoms with E-state index in [0.29, 0.717) is 5.56 Å². The summed E-state index contributed by atoms with van der Waals surface area (Å²) in [4.78, 5) is 15.3. The first kappa shape index (κ1) is 11.3. The van der Waals surface area contributed by atoms with Crippen LogP contribution >= 0.6 is 0 Å². The maximum Gasteiger partial charge on any atom is 0.256 e. The van der Waals surface area contributed by atoms with Crippen molar-refractivity contribution in [1.29, 1.82) is 0 Å². The lowest BCUT2D eigenvalue weighted by Gasteiger charge is -2.04. The fourth-order valence-electron chi connectivity index (χ4n) is 1.37. The zero-order valence-electron chi connectivity index (χ0n) is 9.27. The first-order valence-electron chi connectivity index (χ1n) is 5.16. The normalized spacial score (nSPS) is 10.0. The number of pyridine rings is 1. The van der Waals surface area contributed by atoms with Crippen LogP contribution in [0.3, 0.4) is 0 Å². The number of carbonyl (C=O) groups is 1. The molecule has 2 aromatic rings. The Morgan fingerprint density at radius 1 is 1.18 bits per heavy atom. The molecule has 1 aromatic heterocycles. The minimum atomic E-state index is -0.619. The Morgan fingerprint density at radius 3 is 2.53 bits per heavy atom. The summed E-state index contributed by atoms with van der Waals surface area (Å²) >= 11 is 0. The van der Waals surface area contributed by atoms with Crippen molar-refractivity contribution in [1.82, 2.24) is 4.98 Å². The van der Waals surface area contributed by atoms with Crippen molar-refractivity contribution in [2.45, 2.75) is 6.92 Å². The summed E-state index contributed by atoms with van der Waals surface area (Å²) in [7, 11) is 0. The van der Waals surface area contributed by atoms with E-state index in [9.17, 15) is 9.18 Å². The van der Waals surface area contributed by atoms with E-state index >= 15 is 0 Å². The smallest absolute Gasteiger partial charge is 0.256 e. The quantitative estimate of drug-likeness (QED) is 0.806. The van der Waals surface area contributed by atoms with Crippen LogP contribution in [0.25, 0.3) is 0 Å². The fraction of sp³-hybridized carbons (Fsp3) is 0.0769. The van der Waals surface area contributed by atoms with Crippen LogP contribution in [0.4, 0.5) is 10.2 Å². The number of nitrogens with zero attached hydrogens (tertiary/aromatic N) is 1. The van der Waals surface area contributed by atoms with E-state index in [1.807, 2.05) is 19.1 Å². The summed E-state index contributed by atoms with van der Waals surface area (Å²) < 4.78 is 12.8. The van der Waals surface area contributed by atoms with E-state index in [1.54, 1.807) is 12.1 Å². The van der Waals surface area contributed by atoms with Gasteiger partial charge in [-0.1, -0.05) is 23.8 Å². The number of hydrogen-bond donors (Lipinski definition) is 1. The van der Waals surface area contributed by atoms with Gasteiger partial charge in [0.05, 0.1) is 0 Å². The van der Waals surface area contributed by atoms with Gasteiger partial charge in [-0.15, -0.1) is 0 Å². The molecule has 17 heavy (non-hydrogen) atoms. The van der Waals surface area contributed by atoms with Crippen LogP contribution in [0, 0.1) is 12.9 Å². The van der Waals surface area contributed by atoms with Gasteiger partial charge in [0.2, 0.25) is 5.95 Å². The molecule has 0 spiro atoms. The van der Waals surface area contributed by atoms with E-state index in [1.165, 1.54) is 18.2 Å². The Bertz CT molecular complexity index is 537. The zero-order valence-corrected chi connectivity index (χ0v) is 9.27. The third-order valence-corrected chi connectivity index (χ3v) is 2.27. The highest BCUT2D eigenvalue weighted by Crippen LogP contribution is 2.08. The standard InChI is InChI=1S/C13H11FN2O/c1-9-5-7-10(8-6-9)13(17)16-12-4-2-3-11(14)15-12/h2-8H,1H3,(H,15,16,17). The topological polar surface area (TPSA) is 42.0 Å². The predicted octanol–water partition coefficient (Wildman–Crippen LogP) is 2.78. The van der Waals surface area contributed by atoms with Crippen molar-refractivity contribution in [3.05, 3.63) is 59.5 Å². The highest BCUT2D eigenvalue weighted by Gasteiger charge is 2.06. The van der Waals surface area contributed by atoms with Crippen molar-refractivity contribution in [3.8, 4) is 0 Å². The number of amides is 1. The van der Waals surface area contributed by atoms with Crippen molar-refractivity contribution >= 4 is 11.7 Å². The predicted molar refractivity (Wildman–Crippen MR) is 63.3 cm³/mol. The maximum atomic E-state index is 12.8. The van der Waals surface area contributed by atoms with Crippen molar-refractivity contribution in [3.63, 3.8) is 0 Å². The molecule has 0 saturated carbocycles. The number of benzene rings is 1. The minimum Gasteiger partial charge on any atom is -0.306 e. The molecule has 86 valence electrons. The van der Waals surface area contributed by atoms with E-state index in [2.05, 4.69) is 10.3 Å². The van der Waals surface area contributed by atoms with Gasteiger partial charge in [0.1, 0.15) is 5.82 Å². The van der Waals surface area contributed by atoms with Gasteiger partial charge in [-0.2, -0.15) is 4.39 Å². The van der Waals surface area contributed by atoms with Crippen LogP contribution < -0.4 is 5.32 Å². The lowest BCUT2D eigenvalue weighted by molar-refractivity contribution is 0.102. The molecule has 0 fully saturated rings. The maximum absolute atomic E-state index is 12.8. The van der Waals surface area contributed by atoms with Crippen LogP contribution in [0.1, 0.15) is 15.9 Å². The molecule has 0 aliphatic rings. The lowest BCUT2D eigenvalue weighted by Crippen LogP contribution is -2.13. The molecule has 4 heteroatoms. The van der Waals surface area contributed by atoms with E-state index in [0.717, 1.165) is 5.56 Å². The molecule has 0 aliphatic carbocycles. The van der Waals surface area contributed by atoms with Gasteiger partial charge in [-0.05, 0) is 31.2 Å². The Kier molecular flexibility index (Phi) is 3.14. The molecular formula is C13H11FN2O. The number of carbonyl (C=O) groups excluding carboxylic acids is 1. The molecule has 0 unspecified atom stereocenters. The number of rotatable bonds is 2. The third-order valence-electron chi connectivity index (χ3n) is 2.27. The second-order valence-corrected chi connectivity index (χ2v) is 3.67. The molecule has 0 aliphatic heterocycles. The second-order valence-electron chi connectivity index (χ2n) is 3.67. The van der Waals surface area contributed by atoms with Gasteiger partial charge >= 0.3 is 0 Å². The molecule has 2 rings (SSSR count). The lowest BCUT2D eigenvalue weighted by atomic mass is 10.1. The molecule has 1 heterocycles. The molecule has 1 amide bonds. The summed E-state index contributed by atoms with van der Waals surface area (Å²) in [6.07, 6.45) is 0. The van der Waals surface area contributed by atoms with E-state index in [4.69, 9.17) is 0 Å². The third kappa shape index (κ3) is 2.87. The summed E-state index contributed by atoms with van der Waals surface area (Å²) in [6, 6.07) is 11.4. The van der Waals surface area contributed by atoms with Crippen LogP contribution in [0.5, 0.6) is 0 Å². The SMILES string of the molecule is Cc1ccc(C(=O)Nc2cccc(F)n2)cc1. The average molecular weight is 230 g/mol.